The Morgan fingerprint density at radius 3 is 2.61 bits per heavy atom. The Morgan fingerprint density at radius 2 is 1.91 bits per heavy atom. The van der Waals surface area contributed by atoms with Crippen LogP contribution in [-0.4, -0.2) is 26.1 Å². The molecule has 6 heteroatoms. The van der Waals surface area contributed by atoms with Crippen LogP contribution in [0.4, 0.5) is 4.39 Å². The molecule has 0 saturated carbocycles. The summed E-state index contributed by atoms with van der Waals surface area (Å²) in [5.74, 6) is -1.77. The van der Waals surface area contributed by atoms with Gasteiger partial charge in [0, 0.05) is 5.56 Å². The van der Waals surface area contributed by atoms with E-state index < -0.39 is 11.8 Å². The lowest BCUT2D eigenvalue weighted by atomic mass is 10.1. The molecule has 0 radical (unpaired) electrons. The molecule has 0 aliphatic heterocycles. The molecule has 1 aromatic heterocycles. The van der Waals surface area contributed by atoms with Gasteiger partial charge in [0.15, 0.2) is 5.69 Å². The molecular weight excluding hydrogens is 297 g/mol. The van der Waals surface area contributed by atoms with Crippen molar-refractivity contribution in [1.82, 2.24) is 15.0 Å². The molecule has 3 rings (SSSR count). The van der Waals surface area contributed by atoms with Crippen LogP contribution in [-0.2, 0) is 0 Å². The number of benzene rings is 2. The number of halogens is 1. The molecule has 0 atom stereocenters. The first-order valence-corrected chi connectivity index (χ1v) is 7.00. The van der Waals surface area contributed by atoms with Gasteiger partial charge in [-0.3, -0.25) is 0 Å². The van der Waals surface area contributed by atoms with Gasteiger partial charge >= 0.3 is 5.97 Å². The van der Waals surface area contributed by atoms with Crippen molar-refractivity contribution in [3.63, 3.8) is 0 Å². The van der Waals surface area contributed by atoms with Gasteiger partial charge in [0.2, 0.25) is 0 Å². The molecule has 0 fully saturated rings. The fourth-order valence-corrected chi connectivity index (χ4v) is 2.44. The van der Waals surface area contributed by atoms with Crippen molar-refractivity contribution in [2.75, 3.05) is 0 Å². The van der Waals surface area contributed by atoms with Crippen molar-refractivity contribution in [1.29, 1.82) is 0 Å². The van der Waals surface area contributed by atoms with Crippen LogP contribution in [0.2, 0.25) is 0 Å². The molecule has 5 nitrogen and oxygen atoms in total. The average Bonchev–Trinajstić information content (AvgIpc) is 2.95. The highest BCUT2D eigenvalue weighted by atomic mass is 19.1. The van der Waals surface area contributed by atoms with Crippen LogP contribution in [0.25, 0.3) is 16.9 Å². The Kier molecular flexibility index (Phi) is 3.65. The van der Waals surface area contributed by atoms with E-state index in [2.05, 4.69) is 10.3 Å². The Morgan fingerprint density at radius 1 is 1.17 bits per heavy atom. The molecule has 116 valence electrons. The molecular formula is C17H14FN3O2. The zero-order valence-corrected chi connectivity index (χ0v) is 12.6. The minimum Gasteiger partial charge on any atom is -0.476 e. The highest BCUT2D eigenvalue weighted by Crippen LogP contribution is 2.29. The van der Waals surface area contributed by atoms with Gasteiger partial charge in [0.1, 0.15) is 11.5 Å². The Labute approximate surface area is 132 Å². The molecule has 2 aromatic carbocycles. The Balaban J connectivity index is 2.34. The maximum Gasteiger partial charge on any atom is 0.358 e. The smallest absolute Gasteiger partial charge is 0.358 e. The predicted octanol–water partition coefficient (Wildman–Crippen LogP) is 3.39. The first-order chi connectivity index (χ1) is 11.0. The lowest BCUT2D eigenvalue weighted by Crippen LogP contribution is -2.05. The monoisotopic (exact) mass is 311 g/mol. The Hall–Kier alpha value is -3.02. The first kappa shape index (κ1) is 14.9. The van der Waals surface area contributed by atoms with E-state index in [9.17, 15) is 14.3 Å². The van der Waals surface area contributed by atoms with E-state index in [1.807, 2.05) is 32.0 Å². The zero-order chi connectivity index (χ0) is 16.6. The molecule has 0 aliphatic carbocycles. The first-order valence-electron chi connectivity index (χ1n) is 7.00. The fraction of sp³-hybridized carbons (Fsp3) is 0.118. The van der Waals surface area contributed by atoms with E-state index in [0.29, 0.717) is 5.69 Å². The van der Waals surface area contributed by atoms with Gasteiger partial charge in [-0.05, 0) is 43.2 Å². The van der Waals surface area contributed by atoms with Gasteiger partial charge < -0.3 is 5.11 Å². The van der Waals surface area contributed by atoms with E-state index in [4.69, 9.17) is 0 Å². The molecule has 1 heterocycles. The van der Waals surface area contributed by atoms with Gasteiger partial charge in [-0.15, -0.1) is 5.10 Å². The molecule has 0 unspecified atom stereocenters. The van der Waals surface area contributed by atoms with Crippen molar-refractivity contribution < 1.29 is 14.3 Å². The molecule has 0 aliphatic rings. The van der Waals surface area contributed by atoms with E-state index in [1.165, 1.54) is 16.8 Å². The highest BCUT2D eigenvalue weighted by Gasteiger charge is 2.24. The maximum atomic E-state index is 14.2. The van der Waals surface area contributed by atoms with Crippen molar-refractivity contribution in [2.45, 2.75) is 13.8 Å². The summed E-state index contributed by atoms with van der Waals surface area (Å²) in [4.78, 5) is 11.5. The summed E-state index contributed by atoms with van der Waals surface area (Å²) >= 11 is 0. The highest BCUT2D eigenvalue weighted by molar-refractivity contribution is 5.93. The zero-order valence-electron chi connectivity index (χ0n) is 12.6. The second kappa shape index (κ2) is 5.64. The van der Waals surface area contributed by atoms with Crippen LogP contribution in [0.5, 0.6) is 0 Å². The summed E-state index contributed by atoms with van der Waals surface area (Å²) in [6, 6.07) is 11.7. The number of aromatic nitrogens is 3. The normalized spacial score (nSPS) is 10.7. The minimum atomic E-state index is -1.25. The third-order valence-corrected chi connectivity index (χ3v) is 3.59. The number of rotatable bonds is 3. The quantitative estimate of drug-likeness (QED) is 0.805. The van der Waals surface area contributed by atoms with E-state index in [0.717, 1.165) is 11.1 Å². The van der Waals surface area contributed by atoms with Crippen LogP contribution in [0.1, 0.15) is 21.6 Å². The molecule has 23 heavy (non-hydrogen) atoms. The third kappa shape index (κ3) is 2.59. The van der Waals surface area contributed by atoms with Crippen LogP contribution >= 0.6 is 0 Å². The summed E-state index contributed by atoms with van der Waals surface area (Å²) in [6.07, 6.45) is 0. The lowest BCUT2D eigenvalue weighted by Gasteiger charge is -2.11. The third-order valence-electron chi connectivity index (χ3n) is 3.59. The van der Waals surface area contributed by atoms with E-state index >= 15 is 0 Å². The number of hydrogen-bond acceptors (Lipinski definition) is 3. The number of hydrogen-bond donors (Lipinski definition) is 1. The van der Waals surface area contributed by atoms with Gasteiger partial charge in [-0.2, -0.15) is 0 Å². The van der Waals surface area contributed by atoms with Crippen molar-refractivity contribution in [3.8, 4) is 16.9 Å². The summed E-state index contributed by atoms with van der Waals surface area (Å²) in [7, 11) is 0. The second-order valence-electron chi connectivity index (χ2n) is 5.27. The molecule has 3 aromatic rings. The molecule has 0 spiro atoms. The minimum absolute atomic E-state index is 0.129. The summed E-state index contributed by atoms with van der Waals surface area (Å²) < 4.78 is 15.6. The summed E-state index contributed by atoms with van der Waals surface area (Å²) in [5.41, 5.74) is 2.53. The number of aromatic carboxylic acids is 1. The largest absolute Gasteiger partial charge is 0.476 e. The van der Waals surface area contributed by atoms with Gasteiger partial charge in [0.05, 0.1) is 5.69 Å². The van der Waals surface area contributed by atoms with E-state index in [1.54, 1.807) is 12.1 Å². The summed E-state index contributed by atoms with van der Waals surface area (Å²) in [5, 5.41) is 17.0. The van der Waals surface area contributed by atoms with Crippen molar-refractivity contribution in [3.05, 3.63) is 65.1 Å². The van der Waals surface area contributed by atoms with Crippen molar-refractivity contribution >= 4 is 5.97 Å². The standard InChI is InChI=1S/C17H14FN3O2/c1-10-7-8-11(2)14(9-10)21-16(15(17(22)23)19-20-21)12-5-3-4-6-13(12)18/h3-9H,1-2H3,(H,22,23). The van der Waals surface area contributed by atoms with Gasteiger partial charge in [0.25, 0.3) is 0 Å². The lowest BCUT2D eigenvalue weighted by molar-refractivity contribution is 0.0691. The van der Waals surface area contributed by atoms with Crippen LogP contribution in [0.3, 0.4) is 0 Å². The van der Waals surface area contributed by atoms with Gasteiger partial charge in [-0.25, -0.2) is 13.9 Å². The molecule has 0 bridgehead atoms. The van der Waals surface area contributed by atoms with E-state index in [-0.39, 0.29) is 17.0 Å². The van der Waals surface area contributed by atoms with Gasteiger partial charge in [-0.1, -0.05) is 29.5 Å². The number of nitrogens with zero attached hydrogens (tertiary/aromatic N) is 3. The number of carbonyl (C=O) groups is 1. The average molecular weight is 311 g/mol. The summed E-state index contributed by atoms with van der Waals surface area (Å²) in [6.45, 7) is 3.79. The SMILES string of the molecule is Cc1ccc(C)c(-n2nnc(C(=O)O)c2-c2ccccc2F)c1. The topological polar surface area (TPSA) is 68.0 Å². The fourth-order valence-electron chi connectivity index (χ4n) is 2.44. The number of aryl methyl sites for hydroxylation is 2. The van der Waals surface area contributed by atoms with Crippen molar-refractivity contribution in [2.24, 2.45) is 0 Å². The predicted molar refractivity (Wildman–Crippen MR) is 83.2 cm³/mol. The number of carboxylic acid groups (broad SMARTS) is 1. The van der Waals surface area contributed by atoms with Crippen LogP contribution in [0, 0.1) is 19.7 Å². The molecule has 1 N–H and O–H groups in total. The van der Waals surface area contributed by atoms with Crippen LogP contribution in [0.15, 0.2) is 42.5 Å². The second-order valence-corrected chi connectivity index (χ2v) is 5.27. The molecule has 0 amide bonds. The number of carboxylic acids is 1. The Bertz CT molecular complexity index is 903. The van der Waals surface area contributed by atoms with Crippen LogP contribution < -0.4 is 0 Å². The molecule has 0 saturated heterocycles. The maximum absolute atomic E-state index is 14.2.